The second-order valence-electron chi connectivity index (χ2n) is 7.63. The Bertz CT molecular complexity index is 670. The van der Waals surface area contributed by atoms with E-state index in [9.17, 15) is 4.79 Å². The van der Waals surface area contributed by atoms with Crippen molar-refractivity contribution in [3.63, 3.8) is 0 Å². The summed E-state index contributed by atoms with van der Waals surface area (Å²) >= 11 is 1.81. The minimum Gasteiger partial charge on any atom is -0.357 e. The maximum absolute atomic E-state index is 12.6. The molecule has 0 bridgehead atoms. The summed E-state index contributed by atoms with van der Waals surface area (Å²) in [6.07, 6.45) is 6.35. The molecule has 1 aromatic rings. The number of likely N-dealkylation sites (tertiary alicyclic amines) is 1. The topological polar surface area (TPSA) is 47.9 Å². The standard InChI is InChI=1S/C19H28N4OS.HI/c1-2-20-18(23-10-8-19(14-23)6-3-7-19)21-12-17(24)22-9-4-16-15(13-22)5-11-25-16;/h5,11H,2-4,6-10,12-14H2,1H3,(H,20,21);1H. The minimum atomic E-state index is 0. The van der Waals surface area contributed by atoms with Crippen molar-refractivity contribution >= 4 is 47.2 Å². The zero-order valence-electron chi connectivity index (χ0n) is 15.5. The highest BCUT2D eigenvalue weighted by molar-refractivity contribution is 14.0. The van der Waals surface area contributed by atoms with Gasteiger partial charge in [0, 0.05) is 37.6 Å². The smallest absolute Gasteiger partial charge is 0.244 e. The van der Waals surface area contributed by atoms with Gasteiger partial charge in [0.1, 0.15) is 6.54 Å². The number of nitrogens with zero attached hydrogens (tertiary/aromatic N) is 3. The molecule has 3 aliphatic rings. The number of hydrogen-bond donors (Lipinski definition) is 1. The van der Waals surface area contributed by atoms with Crippen LogP contribution in [0.2, 0.25) is 0 Å². The van der Waals surface area contributed by atoms with Crippen LogP contribution in [0.3, 0.4) is 0 Å². The SMILES string of the molecule is CCNC(=NCC(=O)N1CCc2sccc2C1)N1CCC2(CCC2)C1.I. The Hall–Kier alpha value is -0.830. The van der Waals surface area contributed by atoms with Gasteiger partial charge in [-0.1, -0.05) is 6.42 Å². The van der Waals surface area contributed by atoms with Crippen LogP contribution in [-0.2, 0) is 17.8 Å². The van der Waals surface area contributed by atoms with Crippen LogP contribution in [0.5, 0.6) is 0 Å². The zero-order valence-corrected chi connectivity index (χ0v) is 18.6. The Kier molecular flexibility index (Phi) is 6.48. The number of hydrogen-bond acceptors (Lipinski definition) is 3. The van der Waals surface area contributed by atoms with Gasteiger partial charge in [-0.05, 0) is 55.0 Å². The van der Waals surface area contributed by atoms with Crippen molar-refractivity contribution in [1.29, 1.82) is 0 Å². The van der Waals surface area contributed by atoms with Crippen LogP contribution < -0.4 is 5.32 Å². The molecule has 26 heavy (non-hydrogen) atoms. The third kappa shape index (κ3) is 4.03. The predicted octanol–water partition coefficient (Wildman–Crippen LogP) is 3.09. The summed E-state index contributed by atoms with van der Waals surface area (Å²) < 4.78 is 0. The lowest BCUT2D eigenvalue weighted by atomic mass is 9.68. The molecule has 7 heteroatoms. The molecule has 1 N–H and O–H groups in total. The van der Waals surface area contributed by atoms with Crippen molar-refractivity contribution in [1.82, 2.24) is 15.1 Å². The van der Waals surface area contributed by atoms with Gasteiger partial charge in [0.05, 0.1) is 0 Å². The summed E-state index contributed by atoms with van der Waals surface area (Å²) in [6, 6.07) is 2.15. The summed E-state index contributed by atoms with van der Waals surface area (Å²) in [7, 11) is 0. The van der Waals surface area contributed by atoms with Crippen LogP contribution in [0.15, 0.2) is 16.4 Å². The van der Waals surface area contributed by atoms with Crippen molar-refractivity contribution < 1.29 is 4.79 Å². The molecule has 4 rings (SSSR count). The van der Waals surface area contributed by atoms with Gasteiger partial charge in [-0.2, -0.15) is 0 Å². The van der Waals surface area contributed by atoms with Crippen molar-refractivity contribution in [2.75, 3.05) is 32.7 Å². The van der Waals surface area contributed by atoms with E-state index in [0.717, 1.165) is 45.1 Å². The Balaban J connectivity index is 0.00000196. The lowest BCUT2D eigenvalue weighted by Crippen LogP contribution is -2.43. The number of aliphatic imine (C=N–C) groups is 1. The van der Waals surface area contributed by atoms with Crippen molar-refractivity contribution in [2.24, 2.45) is 10.4 Å². The number of thiophene rings is 1. The molecule has 2 aliphatic heterocycles. The van der Waals surface area contributed by atoms with E-state index < -0.39 is 0 Å². The number of amides is 1. The Labute approximate surface area is 177 Å². The first-order valence-corrected chi connectivity index (χ1v) is 10.4. The molecule has 1 amide bonds. The van der Waals surface area contributed by atoms with Gasteiger partial charge in [0.25, 0.3) is 0 Å². The summed E-state index contributed by atoms with van der Waals surface area (Å²) in [5.74, 6) is 1.07. The second-order valence-corrected chi connectivity index (χ2v) is 8.63. The highest BCUT2D eigenvalue weighted by Crippen LogP contribution is 2.47. The molecular weight excluding hydrogens is 459 g/mol. The van der Waals surface area contributed by atoms with Gasteiger partial charge in [0.2, 0.25) is 5.91 Å². The summed E-state index contributed by atoms with van der Waals surface area (Å²) in [5, 5.41) is 5.52. The molecule has 5 nitrogen and oxygen atoms in total. The Morgan fingerprint density at radius 1 is 1.31 bits per heavy atom. The third-order valence-corrected chi connectivity index (χ3v) is 7.03. The lowest BCUT2D eigenvalue weighted by molar-refractivity contribution is -0.130. The normalized spacial score (nSPS) is 21.2. The molecule has 1 aromatic heterocycles. The molecule has 1 aliphatic carbocycles. The molecule has 0 atom stereocenters. The fourth-order valence-electron chi connectivity index (χ4n) is 4.33. The number of halogens is 1. The van der Waals surface area contributed by atoms with E-state index in [4.69, 9.17) is 0 Å². The molecule has 144 valence electrons. The van der Waals surface area contributed by atoms with E-state index in [1.165, 1.54) is 36.1 Å². The van der Waals surface area contributed by atoms with E-state index in [-0.39, 0.29) is 36.4 Å². The molecule has 2 fully saturated rings. The number of fused-ring (bicyclic) bond motifs is 1. The van der Waals surface area contributed by atoms with Crippen molar-refractivity contribution in [3.8, 4) is 0 Å². The minimum absolute atomic E-state index is 0. The number of carbonyl (C=O) groups excluding carboxylic acids is 1. The predicted molar refractivity (Wildman–Crippen MR) is 117 cm³/mol. The number of rotatable bonds is 3. The van der Waals surface area contributed by atoms with Crippen LogP contribution >= 0.6 is 35.3 Å². The zero-order chi connectivity index (χ0) is 17.3. The first-order valence-electron chi connectivity index (χ1n) is 9.55. The molecule has 1 spiro atoms. The fourth-order valence-corrected chi connectivity index (χ4v) is 5.22. The highest BCUT2D eigenvalue weighted by atomic mass is 127. The molecular formula is C19H29IN4OS. The average molecular weight is 488 g/mol. The highest BCUT2D eigenvalue weighted by Gasteiger charge is 2.43. The van der Waals surface area contributed by atoms with Gasteiger partial charge < -0.3 is 15.1 Å². The van der Waals surface area contributed by atoms with E-state index in [1.807, 2.05) is 4.90 Å². The number of nitrogens with one attached hydrogen (secondary N) is 1. The third-order valence-electron chi connectivity index (χ3n) is 6.01. The maximum atomic E-state index is 12.6. The molecule has 1 saturated heterocycles. The number of guanidine groups is 1. The van der Waals surface area contributed by atoms with E-state index >= 15 is 0 Å². The van der Waals surface area contributed by atoms with Crippen LogP contribution in [0.25, 0.3) is 0 Å². The lowest BCUT2D eigenvalue weighted by Gasteiger charge is -2.38. The molecule has 0 aromatic carbocycles. The molecule has 3 heterocycles. The monoisotopic (exact) mass is 488 g/mol. The quantitative estimate of drug-likeness (QED) is 0.404. The first-order chi connectivity index (χ1) is 12.2. The maximum Gasteiger partial charge on any atom is 0.244 e. The summed E-state index contributed by atoms with van der Waals surface area (Å²) in [5.41, 5.74) is 1.86. The second kappa shape index (κ2) is 8.46. The van der Waals surface area contributed by atoms with Gasteiger partial charge in [-0.15, -0.1) is 35.3 Å². The van der Waals surface area contributed by atoms with E-state index in [0.29, 0.717) is 5.41 Å². The van der Waals surface area contributed by atoms with Crippen LogP contribution in [0, 0.1) is 5.41 Å². The summed E-state index contributed by atoms with van der Waals surface area (Å²) in [6.45, 7) is 6.94. The fraction of sp³-hybridized carbons (Fsp3) is 0.684. The van der Waals surface area contributed by atoms with E-state index in [1.54, 1.807) is 11.3 Å². The van der Waals surface area contributed by atoms with Crippen LogP contribution in [0.1, 0.15) is 43.0 Å². The largest absolute Gasteiger partial charge is 0.357 e. The molecule has 0 unspecified atom stereocenters. The van der Waals surface area contributed by atoms with Gasteiger partial charge in [-0.3, -0.25) is 4.79 Å². The van der Waals surface area contributed by atoms with E-state index in [2.05, 4.69) is 33.6 Å². The Morgan fingerprint density at radius 2 is 2.15 bits per heavy atom. The average Bonchev–Trinajstić information content (AvgIpc) is 3.24. The van der Waals surface area contributed by atoms with Crippen molar-refractivity contribution in [2.45, 2.75) is 45.6 Å². The van der Waals surface area contributed by atoms with Gasteiger partial charge in [0.15, 0.2) is 5.96 Å². The summed E-state index contributed by atoms with van der Waals surface area (Å²) in [4.78, 5) is 23.1. The first kappa shape index (κ1) is 19.9. The Morgan fingerprint density at radius 3 is 2.85 bits per heavy atom. The van der Waals surface area contributed by atoms with Gasteiger partial charge >= 0.3 is 0 Å². The molecule has 1 saturated carbocycles. The van der Waals surface area contributed by atoms with Crippen LogP contribution in [0.4, 0.5) is 0 Å². The number of carbonyl (C=O) groups is 1. The molecule has 0 radical (unpaired) electrons. The van der Waals surface area contributed by atoms with Gasteiger partial charge in [-0.25, -0.2) is 4.99 Å². The van der Waals surface area contributed by atoms with Crippen molar-refractivity contribution in [3.05, 3.63) is 21.9 Å². The van der Waals surface area contributed by atoms with Crippen LogP contribution in [-0.4, -0.2) is 54.4 Å².